The van der Waals surface area contributed by atoms with E-state index in [4.69, 9.17) is 4.98 Å². The van der Waals surface area contributed by atoms with Gasteiger partial charge in [-0.2, -0.15) is 5.10 Å². The van der Waals surface area contributed by atoms with Gasteiger partial charge in [0.25, 0.3) is 5.91 Å². The van der Waals surface area contributed by atoms with E-state index in [0.717, 1.165) is 34.5 Å². The molecule has 2 fully saturated rings. The number of aromatic nitrogens is 4. The van der Waals surface area contributed by atoms with E-state index in [1.807, 2.05) is 48.0 Å². The highest BCUT2D eigenvalue weighted by atomic mass is 16.1. The molecule has 4 heterocycles. The summed E-state index contributed by atoms with van der Waals surface area (Å²) in [6.45, 7) is 1.11. The molecule has 1 amide bonds. The number of nitrogens with one attached hydrogen (secondary N) is 2. The summed E-state index contributed by atoms with van der Waals surface area (Å²) in [5, 5.41) is 11.9. The minimum absolute atomic E-state index is 0.133. The van der Waals surface area contributed by atoms with E-state index in [0.29, 0.717) is 17.0 Å². The fourth-order valence-electron chi connectivity index (χ4n) is 5.39. The number of hydrogen-bond acceptors (Lipinski definition) is 4. The first kappa shape index (κ1) is 18.6. The van der Waals surface area contributed by atoms with E-state index in [9.17, 15) is 4.79 Å². The predicted octanol–water partition coefficient (Wildman–Crippen LogP) is 4.07. The number of carbonyl (C=O) groups is 1. The number of hydrogen-bond donors (Lipinski definition) is 2. The molecule has 1 unspecified atom stereocenters. The van der Waals surface area contributed by atoms with Gasteiger partial charge in [0.05, 0.1) is 29.1 Å². The van der Waals surface area contributed by atoms with Crippen LogP contribution in [0.2, 0.25) is 0 Å². The monoisotopic (exact) mass is 414 g/mol. The number of carbonyl (C=O) groups excluding carboxylic acids is 1. The third-order valence-electron chi connectivity index (χ3n) is 7.12. The maximum absolute atomic E-state index is 12.8. The molecule has 31 heavy (non-hydrogen) atoms. The lowest BCUT2D eigenvalue weighted by molar-refractivity contribution is 0.102. The first-order valence-corrected chi connectivity index (χ1v) is 11.0. The maximum Gasteiger partial charge on any atom is 0.255 e. The number of amides is 1. The zero-order valence-corrected chi connectivity index (χ0v) is 17.6. The Morgan fingerprint density at radius 1 is 1.19 bits per heavy atom. The van der Waals surface area contributed by atoms with Crippen LogP contribution in [0.25, 0.3) is 16.6 Å². The smallest absolute Gasteiger partial charge is 0.255 e. The molecule has 1 saturated carbocycles. The molecule has 1 aliphatic carbocycles. The molecule has 158 valence electrons. The van der Waals surface area contributed by atoms with Crippen molar-refractivity contribution in [3.8, 4) is 0 Å². The van der Waals surface area contributed by atoms with Crippen LogP contribution in [0.15, 0.2) is 48.9 Å². The number of nitrogens with zero attached hydrogens (tertiary/aromatic N) is 4. The largest absolute Gasteiger partial charge is 0.321 e. The van der Waals surface area contributed by atoms with Crippen molar-refractivity contribution in [2.24, 2.45) is 12.5 Å². The normalized spacial score (nSPS) is 20.2. The van der Waals surface area contributed by atoms with Crippen LogP contribution >= 0.6 is 0 Å². The molecule has 0 bridgehead atoms. The van der Waals surface area contributed by atoms with E-state index >= 15 is 0 Å². The quantitative estimate of drug-likeness (QED) is 0.530. The summed E-state index contributed by atoms with van der Waals surface area (Å²) in [6, 6.07) is 9.82. The summed E-state index contributed by atoms with van der Waals surface area (Å²) in [4.78, 5) is 17.6. The van der Waals surface area contributed by atoms with Crippen molar-refractivity contribution < 1.29 is 4.79 Å². The van der Waals surface area contributed by atoms with Gasteiger partial charge >= 0.3 is 0 Å². The van der Waals surface area contributed by atoms with Crippen molar-refractivity contribution in [2.75, 3.05) is 11.9 Å². The topological polar surface area (TPSA) is 76.2 Å². The number of benzene rings is 1. The minimum Gasteiger partial charge on any atom is -0.321 e. The van der Waals surface area contributed by atoms with Crippen LogP contribution < -0.4 is 10.6 Å². The summed E-state index contributed by atoms with van der Waals surface area (Å²) in [6.07, 6.45) is 12.4. The SMILES string of the molecule is Cn1ncc2cc(C(=O)Nc3ccc4nc(C5CC6(CCCC6)CN5)cn4c3)ccc21. The van der Waals surface area contributed by atoms with Crippen LogP contribution in [0, 0.1) is 5.41 Å². The van der Waals surface area contributed by atoms with Crippen molar-refractivity contribution >= 4 is 28.1 Å². The van der Waals surface area contributed by atoms with E-state index < -0.39 is 0 Å². The molecule has 0 radical (unpaired) electrons. The number of aryl methyl sites for hydroxylation is 1. The Morgan fingerprint density at radius 2 is 2.06 bits per heavy atom. The van der Waals surface area contributed by atoms with Crippen LogP contribution in [0.5, 0.6) is 0 Å². The van der Waals surface area contributed by atoms with Gasteiger partial charge in [-0.15, -0.1) is 0 Å². The van der Waals surface area contributed by atoms with Crippen molar-refractivity contribution in [1.82, 2.24) is 24.5 Å². The third-order valence-corrected chi connectivity index (χ3v) is 7.12. The summed E-state index contributed by atoms with van der Waals surface area (Å²) in [5.41, 5.74) is 4.84. The Labute approximate surface area is 180 Å². The zero-order chi connectivity index (χ0) is 21.0. The van der Waals surface area contributed by atoms with Crippen LogP contribution in [0.1, 0.15) is 54.2 Å². The number of imidazole rings is 1. The Kier molecular flexibility index (Phi) is 4.14. The van der Waals surface area contributed by atoms with Crippen LogP contribution in [0.3, 0.4) is 0 Å². The van der Waals surface area contributed by atoms with E-state index in [1.165, 1.54) is 32.1 Å². The van der Waals surface area contributed by atoms with Gasteiger partial charge in [-0.3, -0.25) is 9.48 Å². The van der Waals surface area contributed by atoms with Gasteiger partial charge in [-0.25, -0.2) is 4.98 Å². The summed E-state index contributed by atoms with van der Waals surface area (Å²) in [7, 11) is 1.89. The van der Waals surface area contributed by atoms with Gasteiger partial charge in [-0.05, 0) is 55.0 Å². The first-order chi connectivity index (χ1) is 15.1. The Hall–Kier alpha value is -3.19. The second-order valence-corrected chi connectivity index (χ2v) is 9.19. The molecule has 2 aliphatic rings. The third kappa shape index (κ3) is 3.20. The first-order valence-electron chi connectivity index (χ1n) is 11.0. The summed E-state index contributed by atoms with van der Waals surface area (Å²) >= 11 is 0. The molecule has 1 aliphatic heterocycles. The van der Waals surface area contributed by atoms with Crippen LogP contribution in [-0.4, -0.2) is 31.6 Å². The van der Waals surface area contributed by atoms with Crippen molar-refractivity contribution in [2.45, 2.75) is 38.1 Å². The van der Waals surface area contributed by atoms with Gasteiger partial charge < -0.3 is 15.0 Å². The van der Waals surface area contributed by atoms with E-state index in [1.54, 1.807) is 10.9 Å². The van der Waals surface area contributed by atoms with Crippen molar-refractivity contribution in [1.29, 1.82) is 0 Å². The van der Waals surface area contributed by atoms with Gasteiger partial charge in [0.2, 0.25) is 0 Å². The lowest BCUT2D eigenvalue weighted by Gasteiger charge is -2.20. The van der Waals surface area contributed by atoms with E-state index in [-0.39, 0.29) is 5.91 Å². The molecule has 1 spiro atoms. The molecule has 1 atom stereocenters. The van der Waals surface area contributed by atoms with Crippen LogP contribution in [-0.2, 0) is 7.05 Å². The summed E-state index contributed by atoms with van der Waals surface area (Å²) in [5.74, 6) is -0.133. The second kappa shape index (κ2) is 6.92. The second-order valence-electron chi connectivity index (χ2n) is 9.19. The Balaban J connectivity index is 1.22. The average Bonchev–Trinajstić information content (AvgIpc) is 3.56. The standard InChI is InChI=1S/C24H26N6O/c1-29-21-6-4-16(10-17(21)12-26-29)23(31)27-18-5-7-22-28-20(14-30(22)13-18)19-11-24(15-25-19)8-2-3-9-24/h4-7,10,12-14,19,25H,2-3,8-9,11,15H2,1H3,(H,27,31). The van der Waals surface area contributed by atoms with Crippen LogP contribution in [0.4, 0.5) is 5.69 Å². The van der Waals surface area contributed by atoms with Gasteiger partial charge in [0.15, 0.2) is 0 Å². The Bertz CT molecular complexity index is 1300. The molecular formula is C24H26N6O. The minimum atomic E-state index is -0.133. The molecule has 7 heteroatoms. The zero-order valence-electron chi connectivity index (χ0n) is 17.6. The fourth-order valence-corrected chi connectivity index (χ4v) is 5.39. The van der Waals surface area contributed by atoms with Crippen molar-refractivity contribution in [3.63, 3.8) is 0 Å². The molecule has 1 saturated heterocycles. The predicted molar refractivity (Wildman–Crippen MR) is 120 cm³/mol. The number of rotatable bonds is 3. The lowest BCUT2D eigenvalue weighted by Crippen LogP contribution is -2.19. The number of fused-ring (bicyclic) bond motifs is 2. The average molecular weight is 415 g/mol. The highest BCUT2D eigenvalue weighted by Gasteiger charge is 2.41. The highest BCUT2D eigenvalue weighted by Crippen LogP contribution is 2.47. The van der Waals surface area contributed by atoms with Gasteiger partial charge in [-0.1, -0.05) is 12.8 Å². The van der Waals surface area contributed by atoms with Crippen molar-refractivity contribution in [3.05, 3.63) is 60.2 Å². The molecular weight excluding hydrogens is 388 g/mol. The van der Waals surface area contributed by atoms with Gasteiger partial charge in [0, 0.05) is 36.9 Å². The number of anilines is 1. The molecule has 7 nitrogen and oxygen atoms in total. The van der Waals surface area contributed by atoms with E-state index in [2.05, 4.69) is 21.9 Å². The summed E-state index contributed by atoms with van der Waals surface area (Å²) < 4.78 is 3.81. The highest BCUT2D eigenvalue weighted by molar-refractivity contribution is 6.06. The molecule has 6 rings (SSSR count). The molecule has 3 aromatic heterocycles. The maximum atomic E-state index is 12.8. The Morgan fingerprint density at radius 3 is 2.94 bits per heavy atom. The fraction of sp³-hybridized carbons (Fsp3) is 0.375. The molecule has 2 N–H and O–H groups in total. The lowest BCUT2D eigenvalue weighted by atomic mass is 9.83. The molecule has 1 aromatic carbocycles. The number of pyridine rings is 1. The van der Waals surface area contributed by atoms with Gasteiger partial charge in [0.1, 0.15) is 5.65 Å². The molecule has 4 aromatic rings.